The highest BCUT2D eigenvalue weighted by Gasteiger charge is 2.48. The minimum absolute atomic E-state index is 0.451. The summed E-state index contributed by atoms with van der Waals surface area (Å²) in [5.41, 5.74) is 5.29. The van der Waals surface area contributed by atoms with Gasteiger partial charge in [-0.25, -0.2) is 0 Å². The lowest BCUT2D eigenvalue weighted by Crippen LogP contribution is -2.44. The second kappa shape index (κ2) is 10.7. The standard InChI is InChI=1S/C31H42O/c1-3-5-7-8-9-18-30-19-22-31(23-20-30,24-21-30)28-14-10-26(11-15-28)27-12-16-29(17-13-27)32-25-6-4-2/h4,6,10-17H,3,5,7-9,18-25H2,1-2H3. The largest absolute Gasteiger partial charge is 0.490 e. The van der Waals surface area contributed by atoms with Gasteiger partial charge in [-0.3, -0.25) is 0 Å². The summed E-state index contributed by atoms with van der Waals surface area (Å²) in [6.45, 7) is 4.96. The molecule has 0 N–H and O–H groups in total. The van der Waals surface area contributed by atoms with E-state index in [1.54, 1.807) is 5.56 Å². The van der Waals surface area contributed by atoms with Crippen LogP contribution in [0.2, 0.25) is 0 Å². The molecule has 3 saturated carbocycles. The molecule has 3 aliphatic carbocycles. The number of unbranched alkanes of at least 4 members (excludes halogenated alkanes) is 4. The van der Waals surface area contributed by atoms with Gasteiger partial charge >= 0.3 is 0 Å². The van der Waals surface area contributed by atoms with E-state index in [1.807, 2.05) is 19.1 Å². The predicted molar refractivity (Wildman–Crippen MR) is 137 cm³/mol. The lowest BCUT2D eigenvalue weighted by atomic mass is 9.51. The molecular formula is C31H42O. The first-order valence-corrected chi connectivity index (χ1v) is 13.1. The van der Waals surface area contributed by atoms with E-state index in [-0.39, 0.29) is 0 Å². The number of rotatable bonds is 11. The van der Waals surface area contributed by atoms with Crippen LogP contribution in [-0.4, -0.2) is 6.61 Å². The molecule has 0 saturated heterocycles. The van der Waals surface area contributed by atoms with Crippen molar-refractivity contribution >= 4 is 0 Å². The Morgan fingerprint density at radius 2 is 1.34 bits per heavy atom. The predicted octanol–water partition coefficient (Wildman–Crippen LogP) is 9.26. The fourth-order valence-corrected chi connectivity index (χ4v) is 6.18. The maximum atomic E-state index is 5.73. The van der Waals surface area contributed by atoms with E-state index >= 15 is 0 Å². The van der Waals surface area contributed by atoms with Crippen molar-refractivity contribution in [3.05, 3.63) is 66.2 Å². The quantitative estimate of drug-likeness (QED) is 0.255. The van der Waals surface area contributed by atoms with E-state index in [0.29, 0.717) is 17.4 Å². The molecule has 1 heteroatoms. The van der Waals surface area contributed by atoms with Crippen LogP contribution in [0.5, 0.6) is 5.75 Å². The summed E-state index contributed by atoms with van der Waals surface area (Å²) in [6.07, 6.45) is 21.2. The third-order valence-corrected chi connectivity index (χ3v) is 8.48. The van der Waals surface area contributed by atoms with Gasteiger partial charge in [0.25, 0.3) is 0 Å². The molecular weight excluding hydrogens is 388 g/mol. The molecule has 0 aromatic heterocycles. The van der Waals surface area contributed by atoms with Gasteiger partial charge in [-0.05, 0) is 91.5 Å². The van der Waals surface area contributed by atoms with Crippen molar-refractivity contribution in [3.8, 4) is 16.9 Å². The summed E-state index contributed by atoms with van der Waals surface area (Å²) in [5.74, 6) is 0.931. The van der Waals surface area contributed by atoms with E-state index in [9.17, 15) is 0 Å². The molecule has 0 atom stereocenters. The zero-order chi connectivity index (χ0) is 22.3. The van der Waals surface area contributed by atoms with E-state index < -0.39 is 0 Å². The molecule has 0 unspecified atom stereocenters. The average Bonchev–Trinajstić information content (AvgIpc) is 2.86. The summed E-state index contributed by atoms with van der Waals surface area (Å²) < 4.78 is 5.73. The first-order valence-electron chi connectivity index (χ1n) is 13.1. The Labute approximate surface area is 196 Å². The Morgan fingerprint density at radius 1 is 0.750 bits per heavy atom. The molecule has 2 bridgehead atoms. The summed E-state index contributed by atoms with van der Waals surface area (Å²) in [5, 5.41) is 0. The lowest BCUT2D eigenvalue weighted by Gasteiger charge is -2.54. The molecule has 5 rings (SSSR count). The van der Waals surface area contributed by atoms with Gasteiger partial charge in [-0.2, -0.15) is 0 Å². The SMILES string of the molecule is CC=CCOc1ccc(-c2ccc(C34CCC(CCCCCCC)(CC3)CC4)cc2)cc1. The number of hydrogen-bond donors (Lipinski definition) is 0. The third-order valence-electron chi connectivity index (χ3n) is 8.48. The summed E-state index contributed by atoms with van der Waals surface area (Å²) in [7, 11) is 0. The van der Waals surface area contributed by atoms with Crippen molar-refractivity contribution in [3.63, 3.8) is 0 Å². The minimum Gasteiger partial charge on any atom is -0.490 e. The maximum Gasteiger partial charge on any atom is 0.119 e. The van der Waals surface area contributed by atoms with Gasteiger partial charge < -0.3 is 4.74 Å². The summed E-state index contributed by atoms with van der Waals surface area (Å²) in [4.78, 5) is 0. The molecule has 3 fully saturated rings. The highest BCUT2D eigenvalue weighted by molar-refractivity contribution is 5.64. The molecule has 0 radical (unpaired) electrons. The number of hydrogen-bond acceptors (Lipinski definition) is 1. The maximum absolute atomic E-state index is 5.73. The smallest absolute Gasteiger partial charge is 0.119 e. The van der Waals surface area contributed by atoms with Gasteiger partial charge in [-0.1, -0.05) is 87.6 Å². The molecule has 32 heavy (non-hydrogen) atoms. The average molecular weight is 431 g/mol. The Hall–Kier alpha value is -2.02. The molecule has 0 spiro atoms. The third kappa shape index (κ3) is 5.30. The Bertz CT molecular complexity index is 834. The second-order valence-corrected chi connectivity index (χ2v) is 10.4. The molecule has 0 heterocycles. The Kier molecular flexibility index (Phi) is 7.76. The number of benzene rings is 2. The van der Waals surface area contributed by atoms with Crippen LogP contribution in [0.3, 0.4) is 0 Å². The van der Waals surface area contributed by atoms with Gasteiger partial charge in [0, 0.05) is 0 Å². The highest BCUT2D eigenvalue weighted by Crippen LogP contribution is 2.59. The van der Waals surface area contributed by atoms with Crippen molar-refractivity contribution in [2.24, 2.45) is 5.41 Å². The first kappa shape index (κ1) is 23.1. The van der Waals surface area contributed by atoms with E-state index in [4.69, 9.17) is 4.74 Å². The lowest BCUT2D eigenvalue weighted by molar-refractivity contribution is 0.0304. The van der Waals surface area contributed by atoms with Crippen LogP contribution in [0.25, 0.3) is 11.1 Å². The van der Waals surface area contributed by atoms with Crippen LogP contribution in [0, 0.1) is 5.41 Å². The van der Waals surface area contributed by atoms with Crippen LogP contribution in [-0.2, 0) is 5.41 Å². The number of allylic oxidation sites excluding steroid dienone is 1. The molecule has 0 amide bonds. The zero-order valence-electron chi connectivity index (χ0n) is 20.4. The van der Waals surface area contributed by atoms with Crippen molar-refractivity contribution < 1.29 is 4.74 Å². The Balaban J connectivity index is 1.34. The van der Waals surface area contributed by atoms with Crippen LogP contribution in [0.1, 0.15) is 96.5 Å². The van der Waals surface area contributed by atoms with Crippen LogP contribution in [0.15, 0.2) is 60.7 Å². The molecule has 0 aliphatic heterocycles. The van der Waals surface area contributed by atoms with Gasteiger partial charge in [-0.15, -0.1) is 0 Å². The minimum atomic E-state index is 0.451. The van der Waals surface area contributed by atoms with Crippen molar-refractivity contribution in [1.29, 1.82) is 0 Å². The fourth-order valence-electron chi connectivity index (χ4n) is 6.18. The fraction of sp³-hybridized carbons (Fsp3) is 0.548. The molecule has 2 aromatic carbocycles. The van der Waals surface area contributed by atoms with Gasteiger partial charge in [0.2, 0.25) is 0 Å². The van der Waals surface area contributed by atoms with Gasteiger partial charge in [0.05, 0.1) is 0 Å². The number of fused-ring (bicyclic) bond motifs is 3. The van der Waals surface area contributed by atoms with E-state index in [1.165, 1.54) is 88.2 Å². The van der Waals surface area contributed by atoms with Crippen LogP contribution in [0.4, 0.5) is 0 Å². The van der Waals surface area contributed by atoms with Crippen molar-refractivity contribution in [2.75, 3.05) is 6.61 Å². The van der Waals surface area contributed by atoms with Gasteiger partial charge in [0.15, 0.2) is 0 Å². The molecule has 172 valence electrons. The van der Waals surface area contributed by atoms with Crippen molar-refractivity contribution in [2.45, 2.75) is 96.3 Å². The van der Waals surface area contributed by atoms with Gasteiger partial charge in [0.1, 0.15) is 12.4 Å². The van der Waals surface area contributed by atoms with Crippen molar-refractivity contribution in [1.82, 2.24) is 0 Å². The highest BCUT2D eigenvalue weighted by atomic mass is 16.5. The van der Waals surface area contributed by atoms with Crippen LogP contribution >= 0.6 is 0 Å². The van der Waals surface area contributed by atoms with Crippen LogP contribution < -0.4 is 4.74 Å². The monoisotopic (exact) mass is 430 g/mol. The normalized spacial score (nSPS) is 24.8. The molecule has 1 nitrogen and oxygen atoms in total. The molecule has 3 aliphatic rings. The topological polar surface area (TPSA) is 9.23 Å². The zero-order valence-corrected chi connectivity index (χ0v) is 20.4. The summed E-state index contributed by atoms with van der Waals surface area (Å²) in [6, 6.07) is 18.0. The van der Waals surface area contributed by atoms with E-state index in [0.717, 1.165) is 5.75 Å². The summed E-state index contributed by atoms with van der Waals surface area (Å²) >= 11 is 0. The Morgan fingerprint density at radius 3 is 1.94 bits per heavy atom. The molecule has 2 aromatic rings. The second-order valence-electron chi connectivity index (χ2n) is 10.4. The number of ether oxygens (including phenoxy) is 1. The van der Waals surface area contributed by atoms with E-state index in [2.05, 4.69) is 55.5 Å². The first-order chi connectivity index (χ1) is 15.7.